The fraction of sp³-hybridized carbons (Fsp3) is 1.00. The Morgan fingerprint density at radius 2 is 1.14 bits per heavy atom. The number of hydrogen-bond acceptors (Lipinski definition) is 0. The Labute approximate surface area is 59.7 Å². The van der Waals surface area contributed by atoms with Crippen molar-refractivity contribution < 1.29 is 0 Å². The highest BCUT2D eigenvalue weighted by Crippen LogP contribution is 2.03. The van der Waals surface area contributed by atoms with E-state index in [0.29, 0.717) is 0 Å². The van der Waals surface area contributed by atoms with E-state index in [2.05, 4.69) is 13.8 Å². The number of halogens is 3. The SMILES string of the molecule is CCC.ClC(Cl)Cl. The molecule has 46 valence electrons. The molecule has 0 radical (unpaired) electrons. The molecule has 0 heterocycles. The first-order chi connectivity index (χ1) is 3.15. The summed E-state index contributed by atoms with van der Waals surface area (Å²) >= 11 is 14.4. The highest BCUT2D eigenvalue weighted by atomic mass is 35.6. The largest absolute Gasteiger partial charge is 0.180 e. The molecule has 0 spiro atoms. The van der Waals surface area contributed by atoms with Crippen molar-refractivity contribution in [1.82, 2.24) is 0 Å². The van der Waals surface area contributed by atoms with Gasteiger partial charge in [0.1, 0.15) is 0 Å². The number of alkyl halides is 3. The monoisotopic (exact) mass is 162 g/mol. The van der Waals surface area contributed by atoms with Gasteiger partial charge in [0.05, 0.1) is 0 Å². The van der Waals surface area contributed by atoms with Gasteiger partial charge in [0, 0.05) is 0 Å². The van der Waals surface area contributed by atoms with Crippen molar-refractivity contribution in [3.63, 3.8) is 0 Å². The van der Waals surface area contributed by atoms with Crippen LogP contribution in [0.15, 0.2) is 0 Å². The Bertz CT molecular complexity index is 18.1. The molecule has 0 bridgehead atoms. The van der Waals surface area contributed by atoms with Crippen LogP contribution in [0.25, 0.3) is 0 Å². The molecule has 0 saturated heterocycles. The third-order valence-corrected chi connectivity index (χ3v) is 0. The standard InChI is InChI=1S/C3H8.CHCl3/c1-3-2;2-1(3)4/h3H2,1-2H3;1H. The Morgan fingerprint density at radius 1 is 1.14 bits per heavy atom. The van der Waals surface area contributed by atoms with Gasteiger partial charge in [-0.25, -0.2) is 0 Å². The molecule has 0 aliphatic rings. The zero-order chi connectivity index (χ0) is 6.28. The highest BCUT2D eigenvalue weighted by Gasteiger charge is 1.78. The van der Waals surface area contributed by atoms with Crippen LogP contribution in [0.2, 0.25) is 0 Å². The Hall–Kier alpha value is 0.870. The summed E-state index contributed by atoms with van der Waals surface area (Å²) in [5, 5.41) is 0. The smallest absolute Gasteiger partial charge is 0.0874 e. The molecule has 0 atom stereocenters. The molecule has 0 aliphatic carbocycles. The van der Waals surface area contributed by atoms with Crippen molar-refractivity contribution in [1.29, 1.82) is 0 Å². The summed E-state index contributed by atoms with van der Waals surface area (Å²) in [5.41, 5.74) is 0. The highest BCUT2D eigenvalue weighted by molar-refractivity contribution is 6.63. The fourth-order valence-electron chi connectivity index (χ4n) is 0. The van der Waals surface area contributed by atoms with Gasteiger partial charge in [0.2, 0.25) is 0 Å². The zero-order valence-corrected chi connectivity index (χ0v) is 6.69. The first kappa shape index (κ1) is 10.8. The molecule has 0 aromatic rings. The third kappa shape index (κ3) is 215. The average molecular weight is 163 g/mol. The molecular formula is C4H9Cl3. The zero-order valence-electron chi connectivity index (χ0n) is 4.42. The second kappa shape index (κ2) is 9.98. The van der Waals surface area contributed by atoms with Crippen LogP contribution in [-0.2, 0) is 0 Å². The van der Waals surface area contributed by atoms with Gasteiger partial charge in [0.15, 0.2) is 4.30 Å². The van der Waals surface area contributed by atoms with Crippen molar-refractivity contribution in [2.24, 2.45) is 0 Å². The maximum absolute atomic E-state index is 4.81. The molecule has 0 aromatic heterocycles. The molecule has 0 aliphatic heterocycles. The lowest BCUT2D eigenvalue weighted by Gasteiger charge is -1.69. The van der Waals surface area contributed by atoms with Gasteiger partial charge >= 0.3 is 0 Å². The van der Waals surface area contributed by atoms with Crippen LogP contribution in [0, 0.1) is 0 Å². The van der Waals surface area contributed by atoms with Crippen molar-refractivity contribution in [2.45, 2.75) is 24.6 Å². The van der Waals surface area contributed by atoms with Gasteiger partial charge in [-0.15, -0.1) is 0 Å². The first-order valence-electron chi connectivity index (χ1n) is 2.07. The van der Waals surface area contributed by atoms with Crippen molar-refractivity contribution >= 4 is 34.8 Å². The van der Waals surface area contributed by atoms with Crippen LogP contribution in [0.1, 0.15) is 20.3 Å². The van der Waals surface area contributed by atoms with E-state index in [4.69, 9.17) is 34.8 Å². The van der Waals surface area contributed by atoms with Crippen molar-refractivity contribution in [2.75, 3.05) is 0 Å². The van der Waals surface area contributed by atoms with E-state index in [1.54, 1.807) is 0 Å². The Balaban J connectivity index is 0. The number of hydrogen-bond donors (Lipinski definition) is 0. The van der Waals surface area contributed by atoms with E-state index in [1.807, 2.05) is 0 Å². The van der Waals surface area contributed by atoms with Crippen LogP contribution in [0.5, 0.6) is 0 Å². The molecule has 0 rings (SSSR count). The molecule has 0 nitrogen and oxygen atoms in total. The average Bonchev–Trinajstić information content (AvgIpc) is 1.33. The van der Waals surface area contributed by atoms with Crippen LogP contribution in [0.4, 0.5) is 0 Å². The van der Waals surface area contributed by atoms with Crippen molar-refractivity contribution in [3.05, 3.63) is 0 Å². The molecule has 0 unspecified atom stereocenters. The van der Waals surface area contributed by atoms with E-state index in [1.165, 1.54) is 6.42 Å². The molecule has 0 fully saturated rings. The predicted octanol–water partition coefficient (Wildman–Crippen LogP) is 3.40. The van der Waals surface area contributed by atoms with E-state index in [9.17, 15) is 0 Å². The third-order valence-electron chi connectivity index (χ3n) is 0. The lowest BCUT2D eigenvalue weighted by molar-refractivity contribution is 1.09. The molecule has 0 amide bonds. The summed E-state index contributed by atoms with van der Waals surface area (Å²) in [5.74, 6) is 0. The Kier molecular flexibility index (Phi) is 15.4. The second-order valence-electron chi connectivity index (χ2n) is 0.955. The molecule has 0 N–H and O–H groups in total. The Morgan fingerprint density at radius 3 is 1.14 bits per heavy atom. The van der Waals surface area contributed by atoms with Gasteiger partial charge < -0.3 is 0 Å². The molecule has 0 saturated carbocycles. The normalized spacial score (nSPS) is 7.71. The van der Waals surface area contributed by atoms with Gasteiger partial charge in [-0.05, 0) is 0 Å². The quantitative estimate of drug-likeness (QED) is 0.480. The summed E-state index contributed by atoms with van der Waals surface area (Å²) in [6, 6.07) is 0. The van der Waals surface area contributed by atoms with Gasteiger partial charge in [-0.2, -0.15) is 0 Å². The van der Waals surface area contributed by atoms with Gasteiger partial charge in [-0.3, -0.25) is 0 Å². The van der Waals surface area contributed by atoms with Crippen LogP contribution < -0.4 is 0 Å². The minimum Gasteiger partial charge on any atom is -0.0874 e. The molecule has 7 heavy (non-hydrogen) atoms. The van der Waals surface area contributed by atoms with Crippen LogP contribution in [0.3, 0.4) is 0 Å². The molecule has 3 heteroatoms. The maximum atomic E-state index is 4.81. The summed E-state index contributed by atoms with van der Waals surface area (Å²) in [6.07, 6.45) is 1.25. The fourth-order valence-corrected chi connectivity index (χ4v) is 0. The number of rotatable bonds is 0. The second-order valence-corrected chi connectivity index (χ2v) is 2.93. The van der Waals surface area contributed by atoms with E-state index in [-0.39, 0.29) is 0 Å². The van der Waals surface area contributed by atoms with E-state index in [0.717, 1.165) is 0 Å². The van der Waals surface area contributed by atoms with E-state index < -0.39 is 4.30 Å². The van der Waals surface area contributed by atoms with Crippen molar-refractivity contribution in [3.8, 4) is 0 Å². The lowest BCUT2D eigenvalue weighted by atomic mass is 10.6. The van der Waals surface area contributed by atoms with Gasteiger partial charge in [-0.1, -0.05) is 55.1 Å². The summed E-state index contributed by atoms with van der Waals surface area (Å²) in [7, 11) is 0. The summed E-state index contributed by atoms with van der Waals surface area (Å²) in [6.45, 7) is 4.25. The van der Waals surface area contributed by atoms with Crippen LogP contribution in [-0.4, -0.2) is 4.30 Å². The van der Waals surface area contributed by atoms with Crippen LogP contribution >= 0.6 is 34.8 Å². The molecule has 0 aromatic carbocycles. The minimum absolute atomic E-state index is 0.750. The molecular weight excluding hydrogens is 154 g/mol. The topological polar surface area (TPSA) is 0 Å². The summed E-state index contributed by atoms with van der Waals surface area (Å²) < 4.78 is -0.750. The maximum Gasteiger partial charge on any atom is 0.180 e. The van der Waals surface area contributed by atoms with E-state index >= 15 is 0 Å². The minimum atomic E-state index is -0.750. The lowest BCUT2D eigenvalue weighted by Crippen LogP contribution is -1.55. The van der Waals surface area contributed by atoms with Gasteiger partial charge in [0.25, 0.3) is 0 Å². The summed E-state index contributed by atoms with van der Waals surface area (Å²) in [4.78, 5) is 0. The predicted molar refractivity (Wildman–Crippen MR) is 37.3 cm³/mol. The first-order valence-corrected chi connectivity index (χ1v) is 3.38.